The quantitative estimate of drug-likeness (QED) is 0.841. The zero-order chi connectivity index (χ0) is 13.6. The highest BCUT2D eigenvalue weighted by atomic mass is 16.6. The van der Waals surface area contributed by atoms with Crippen LogP contribution in [0.2, 0.25) is 0 Å². The van der Waals surface area contributed by atoms with E-state index in [-0.39, 0.29) is 6.09 Å². The molecular formula is C14H28N2O2. The van der Waals surface area contributed by atoms with E-state index >= 15 is 0 Å². The van der Waals surface area contributed by atoms with Crippen LogP contribution in [0.3, 0.4) is 0 Å². The largest absolute Gasteiger partial charge is 0.444 e. The molecule has 0 bridgehead atoms. The third kappa shape index (κ3) is 6.24. The minimum absolute atomic E-state index is 0.320. The molecule has 1 fully saturated rings. The summed E-state index contributed by atoms with van der Waals surface area (Å²) in [6.07, 6.45) is 6.33. The number of carbonyl (C=O) groups excluding carboxylic acids is 1. The smallest absolute Gasteiger partial charge is 0.407 e. The Morgan fingerprint density at radius 2 is 1.89 bits per heavy atom. The Hall–Kier alpha value is -0.770. The standard InChI is InChI=1S/C14H28N2O2/c1-14(2,3)18-13(17)15-10-11-16(4)12-8-6-5-7-9-12/h12H,5-11H2,1-4H3,(H,15,17). The molecule has 1 amide bonds. The number of amides is 1. The maximum Gasteiger partial charge on any atom is 0.407 e. The first-order chi connectivity index (χ1) is 8.38. The van der Waals surface area contributed by atoms with Gasteiger partial charge in [-0.1, -0.05) is 19.3 Å². The number of carbonyl (C=O) groups is 1. The second kappa shape index (κ2) is 6.98. The topological polar surface area (TPSA) is 41.6 Å². The molecule has 0 spiro atoms. The second-order valence-electron chi connectivity index (χ2n) is 6.20. The molecule has 0 aromatic rings. The van der Waals surface area contributed by atoms with Gasteiger partial charge >= 0.3 is 6.09 Å². The summed E-state index contributed by atoms with van der Waals surface area (Å²) in [4.78, 5) is 13.8. The first-order valence-corrected chi connectivity index (χ1v) is 7.05. The van der Waals surface area contributed by atoms with Gasteiger partial charge in [-0.05, 0) is 40.7 Å². The Kier molecular flexibility index (Phi) is 5.93. The Morgan fingerprint density at radius 1 is 1.28 bits per heavy atom. The van der Waals surface area contributed by atoms with Crippen molar-refractivity contribution in [2.24, 2.45) is 0 Å². The van der Waals surface area contributed by atoms with Crippen LogP contribution in [0.15, 0.2) is 0 Å². The van der Waals surface area contributed by atoms with Gasteiger partial charge < -0.3 is 15.0 Å². The Bertz CT molecular complexity index is 255. The first kappa shape index (κ1) is 15.3. The number of nitrogens with one attached hydrogen (secondary N) is 1. The second-order valence-corrected chi connectivity index (χ2v) is 6.20. The highest BCUT2D eigenvalue weighted by Crippen LogP contribution is 2.21. The molecule has 0 atom stereocenters. The van der Waals surface area contributed by atoms with Crippen molar-refractivity contribution in [2.75, 3.05) is 20.1 Å². The third-order valence-electron chi connectivity index (χ3n) is 3.33. The molecule has 0 aromatic heterocycles. The van der Waals surface area contributed by atoms with Gasteiger partial charge in [0.2, 0.25) is 0 Å². The van der Waals surface area contributed by atoms with Crippen LogP contribution in [0.5, 0.6) is 0 Å². The van der Waals surface area contributed by atoms with Crippen molar-refractivity contribution in [2.45, 2.75) is 64.5 Å². The lowest BCUT2D eigenvalue weighted by Crippen LogP contribution is -2.40. The maximum atomic E-state index is 11.5. The molecule has 4 heteroatoms. The van der Waals surface area contributed by atoms with Crippen molar-refractivity contribution >= 4 is 6.09 Å². The number of nitrogens with zero attached hydrogens (tertiary/aromatic N) is 1. The predicted octanol–water partition coefficient (Wildman–Crippen LogP) is 2.78. The van der Waals surface area contributed by atoms with Crippen molar-refractivity contribution < 1.29 is 9.53 Å². The summed E-state index contributed by atoms with van der Waals surface area (Å²) in [6.45, 7) is 7.17. The van der Waals surface area contributed by atoms with Crippen molar-refractivity contribution in [1.29, 1.82) is 0 Å². The minimum Gasteiger partial charge on any atom is -0.444 e. The number of ether oxygens (including phenoxy) is 1. The van der Waals surface area contributed by atoms with Crippen LogP contribution in [-0.4, -0.2) is 42.8 Å². The summed E-state index contributed by atoms with van der Waals surface area (Å²) >= 11 is 0. The summed E-state index contributed by atoms with van der Waals surface area (Å²) in [5, 5.41) is 2.81. The summed E-state index contributed by atoms with van der Waals surface area (Å²) in [7, 11) is 2.15. The van der Waals surface area contributed by atoms with Crippen LogP contribution in [0, 0.1) is 0 Å². The van der Waals surface area contributed by atoms with Crippen LogP contribution in [0.4, 0.5) is 4.79 Å². The molecule has 106 valence electrons. The highest BCUT2D eigenvalue weighted by molar-refractivity contribution is 5.67. The van der Waals surface area contributed by atoms with E-state index < -0.39 is 5.60 Å². The fraction of sp³-hybridized carbons (Fsp3) is 0.929. The number of rotatable bonds is 4. The lowest BCUT2D eigenvalue weighted by molar-refractivity contribution is 0.0519. The van der Waals surface area contributed by atoms with Gasteiger partial charge in [-0.3, -0.25) is 0 Å². The molecule has 0 aromatic carbocycles. The fourth-order valence-electron chi connectivity index (χ4n) is 2.35. The van der Waals surface area contributed by atoms with E-state index in [9.17, 15) is 4.79 Å². The van der Waals surface area contributed by atoms with Gasteiger partial charge in [0.25, 0.3) is 0 Å². The maximum absolute atomic E-state index is 11.5. The zero-order valence-electron chi connectivity index (χ0n) is 12.3. The average molecular weight is 256 g/mol. The molecule has 1 N–H and O–H groups in total. The van der Waals surface area contributed by atoms with Gasteiger partial charge in [0, 0.05) is 19.1 Å². The van der Waals surface area contributed by atoms with Crippen LogP contribution < -0.4 is 5.32 Å². The van der Waals surface area contributed by atoms with Crippen LogP contribution in [-0.2, 0) is 4.74 Å². The monoisotopic (exact) mass is 256 g/mol. The van der Waals surface area contributed by atoms with Crippen molar-refractivity contribution in [3.05, 3.63) is 0 Å². The summed E-state index contributed by atoms with van der Waals surface area (Å²) in [5.41, 5.74) is -0.417. The van der Waals surface area contributed by atoms with E-state index in [1.54, 1.807) is 0 Å². The van der Waals surface area contributed by atoms with E-state index in [0.29, 0.717) is 12.6 Å². The highest BCUT2D eigenvalue weighted by Gasteiger charge is 2.18. The third-order valence-corrected chi connectivity index (χ3v) is 3.33. The Labute approximate surface area is 111 Å². The van der Waals surface area contributed by atoms with Gasteiger partial charge in [0.05, 0.1) is 0 Å². The fourth-order valence-corrected chi connectivity index (χ4v) is 2.35. The molecule has 18 heavy (non-hydrogen) atoms. The van der Waals surface area contributed by atoms with E-state index in [2.05, 4.69) is 17.3 Å². The van der Waals surface area contributed by atoms with E-state index in [0.717, 1.165) is 6.54 Å². The van der Waals surface area contributed by atoms with Crippen molar-refractivity contribution in [1.82, 2.24) is 10.2 Å². The Morgan fingerprint density at radius 3 is 2.44 bits per heavy atom. The molecule has 1 aliphatic carbocycles. The van der Waals surface area contributed by atoms with Crippen LogP contribution in [0.25, 0.3) is 0 Å². The molecule has 1 saturated carbocycles. The molecule has 0 aliphatic heterocycles. The molecule has 0 unspecified atom stereocenters. The van der Waals surface area contributed by atoms with Gasteiger partial charge in [-0.15, -0.1) is 0 Å². The molecule has 0 radical (unpaired) electrons. The lowest BCUT2D eigenvalue weighted by atomic mass is 9.94. The molecule has 0 heterocycles. The van der Waals surface area contributed by atoms with E-state index in [4.69, 9.17) is 4.74 Å². The van der Waals surface area contributed by atoms with Gasteiger partial charge in [0.1, 0.15) is 5.60 Å². The van der Waals surface area contributed by atoms with Crippen LogP contribution in [0.1, 0.15) is 52.9 Å². The predicted molar refractivity (Wildman–Crippen MR) is 73.7 cm³/mol. The molecular weight excluding hydrogens is 228 g/mol. The summed E-state index contributed by atoms with van der Waals surface area (Å²) in [5.74, 6) is 0. The number of hydrogen-bond acceptors (Lipinski definition) is 3. The van der Waals surface area contributed by atoms with Crippen molar-refractivity contribution in [3.63, 3.8) is 0 Å². The summed E-state index contributed by atoms with van der Waals surface area (Å²) < 4.78 is 5.20. The molecule has 1 aliphatic rings. The lowest BCUT2D eigenvalue weighted by Gasteiger charge is -2.31. The number of likely N-dealkylation sites (N-methyl/N-ethyl adjacent to an activating group) is 1. The van der Waals surface area contributed by atoms with Gasteiger partial charge in [-0.2, -0.15) is 0 Å². The molecule has 0 saturated heterocycles. The first-order valence-electron chi connectivity index (χ1n) is 7.05. The normalized spacial score (nSPS) is 17.8. The SMILES string of the molecule is CN(CCNC(=O)OC(C)(C)C)C1CCCCC1. The van der Waals surface area contributed by atoms with Crippen molar-refractivity contribution in [3.8, 4) is 0 Å². The number of hydrogen-bond donors (Lipinski definition) is 1. The summed E-state index contributed by atoms with van der Waals surface area (Å²) in [6, 6.07) is 0.694. The molecule has 1 rings (SSSR count). The minimum atomic E-state index is -0.417. The zero-order valence-corrected chi connectivity index (χ0v) is 12.3. The van der Waals surface area contributed by atoms with Gasteiger partial charge in [0.15, 0.2) is 0 Å². The average Bonchev–Trinajstić information content (AvgIpc) is 2.27. The van der Waals surface area contributed by atoms with E-state index in [1.165, 1.54) is 32.1 Å². The van der Waals surface area contributed by atoms with E-state index in [1.807, 2.05) is 20.8 Å². The van der Waals surface area contributed by atoms with Crippen LogP contribution >= 0.6 is 0 Å². The Balaban J connectivity index is 2.14. The number of alkyl carbamates (subject to hydrolysis) is 1. The molecule has 4 nitrogen and oxygen atoms in total. The van der Waals surface area contributed by atoms with Gasteiger partial charge in [-0.25, -0.2) is 4.79 Å².